The molecule has 33 heavy (non-hydrogen) atoms. The Morgan fingerprint density at radius 1 is 1.06 bits per heavy atom. The molecule has 2 N–H and O–H groups in total. The van der Waals surface area contributed by atoms with Gasteiger partial charge in [-0.05, 0) is 67.8 Å². The van der Waals surface area contributed by atoms with Gasteiger partial charge in [0.05, 0.1) is 17.1 Å². The highest BCUT2D eigenvalue weighted by Gasteiger charge is 2.20. The maximum atomic E-state index is 12.9. The normalized spacial score (nSPS) is 11.8. The van der Waals surface area contributed by atoms with Crippen LogP contribution in [-0.4, -0.2) is 27.6 Å². The van der Waals surface area contributed by atoms with Gasteiger partial charge in [0.1, 0.15) is 12.4 Å². The molecule has 0 saturated heterocycles. The fraction of sp³-hybridized carbons (Fsp3) is 0.160. The predicted octanol–water partition coefficient (Wildman–Crippen LogP) is 5.54. The molecule has 6 nitrogen and oxygen atoms in total. The van der Waals surface area contributed by atoms with E-state index in [4.69, 9.17) is 16.6 Å². The average Bonchev–Trinajstić information content (AvgIpc) is 3.18. The lowest BCUT2D eigenvalue weighted by Crippen LogP contribution is -2.30. The molecule has 0 spiro atoms. The molecule has 1 atom stereocenters. The van der Waals surface area contributed by atoms with Crippen LogP contribution in [0.2, 0.25) is 5.02 Å². The van der Waals surface area contributed by atoms with Crippen molar-refractivity contribution in [1.29, 1.82) is 0 Å². The van der Waals surface area contributed by atoms with Gasteiger partial charge in [-0.3, -0.25) is 9.59 Å². The van der Waals surface area contributed by atoms with E-state index in [-0.39, 0.29) is 18.4 Å². The molecule has 4 aromatic rings. The van der Waals surface area contributed by atoms with E-state index in [0.29, 0.717) is 16.4 Å². The van der Waals surface area contributed by atoms with Gasteiger partial charge in [0, 0.05) is 21.2 Å². The Balaban J connectivity index is 1.57. The SMILES string of the molecule is CSc1cccc(NC(=O)Cn2c(C(C)NC(=O)c3ccc(Cl)cc3)nc3ccccc32)c1. The molecule has 4 rings (SSSR count). The number of carbonyl (C=O) groups excluding carboxylic acids is 2. The molecule has 0 aliphatic rings. The zero-order valence-corrected chi connectivity index (χ0v) is 19.8. The van der Waals surface area contributed by atoms with E-state index in [0.717, 1.165) is 21.6 Å². The first kappa shape index (κ1) is 22.9. The molecule has 168 valence electrons. The first-order chi connectivity index (χ1) is 15.9. The molecule has 0 bridgehead atoms. The zero-order chi connectivity index (χ0) is 23.4. The minimum Gasteiger partial charge on any atom is -0.342 e. The Labute approximate surface area is 201 Å². The molecule has 1 aromatic heterocycles. The van der Waals surface area contributed by atoms with E-state index in [1.807, 2.05) is 66.3 Å². The first-order valence-electron chi connectivity index (χ1n) is 10.4. The first-order valence-corrected chi connectivity index (χ1v) is 12.0. The van der Waals surface area contributed by atoms with Crippen LogP contribution in [0.15, 0.2) is 77.7 Å². The van der Waals surface area contributed by atoms with Crippen LogP contribution in [0.4, 0.5) is 5.69 Å². The highest BCUT2D eigenvalue weighted by molar-refractivity contribution is 7.98. The third-order valence-corrected chi connectivity index (χ3v) is 6.16. The molecule has 0 saturated carbocycles. The summed E-state index contributed by atoms with van der Waals surface area (Å²) in [7, 11) is 0. The van der Waals surface area contributed by atoms with E-state index in [1.165, 1.54) is 0 Å². The number of anilines is 1. The minimum absolute atomic E-state index is 0.0699. The van der Waals surface area contributed by atoms with Crippen LogP contribution in [0.1, 0.15) is 29.1 Å². The second-order valence-corrected chi connectivity index (χ2v) is 8.84. The topological polar surface area (TPSA) is 76.0 Å². The van der Waals surface area contributed by atoms with Crippen LogP contribution in [0, 0.1) is 0 Å². The summed E-state index contributed by atoms with van der Waals surface area (Å²) in [4.78, 5) is 31.4. The maximum absolute atomic E-state index is 12.9. The molecule has 0 aliphatic heterocycles. The molecule has 3 aromatic carbocycles. The number of rotatable bonds is 7. The van der Waals surface area contributed by atoms with Gasteiger partial charge in [-0.25, -0.2) is 4.98 Å². The lowest BCUT2D eigenvalue weighted by atomic mass is 10.2. The van der Waals surface area contributed by atoms with Crippen LogP contribution >= 0.6 is 23.4 Å². The Bertz CT molecular complexity index is 1300. The lowest BCUT2D eigenvalue weighted by Gasteiger charge is -2.16. The molecule has 8 heteroatoms. The van der Waals surface area contributed by atoms with Crippen molar-refractivity contribution in [2.24, 2.45) is 0 Å². The average molecular weight is 479 g/mol. The monoisotopic (exact) mass is 478 g/mol. The number of para-hydroxylation sites is 2. The summed E-state index contributed by atoms with van der Waals surface area (Å²) in [5, 5.41) is 6.49. The summed E-state index contributed by atoms with van der Waals surface area (Å²) < 4.78 is 1.84. The van der Waals surface area contributed by atoms with Crippen LogP contribution in [0.3, 0.4) is 0 Å². The van der Waals surface area contributed by atoms with Crippen molar-refractivity contribution in [2.75, 3.05) is 11.6 Å². The minimum atomic E-state index is -0.423. The van der Waals surface area contributed by atoms with Gasteiger partial charge in [-0.1, -0.05) is 29.8 Å². The van der Waals surface area contributed by atoms with Crippen LogP contribution in [-0.2, 0) is 11.3 Å². The summed E-state index contributed by atoms with van der Waals surface area (Å²) in [5.41, 5.74) is 2.83. The number of imidazole rings is 1. The van der Waals surface area contributed by atoms with Crippen molar-refractivity contribution in [3.63, 3.8) is 0 Å². The smallest absolute Gasteiger partial charge is 0.251 e. The Morgan fingerprint density at radius 2 is 1.82 bits per heavy atom. The van der Waals surface area contributed by atoms with Gasteiger partial charge in [0.25, 0.3) is 5.91 Å². The summed E-state index contributed by atoms with van der Waals surface area (Å²) >= 11 is 7.54. The van der Waals surface area contributed by atoms with Crippen LogP contribution < -0.4 is 10.6 Å². The zero-order valence-electron chi connectivity index (χ0n) is 18.2. The molecule has 1 unspecified atom stereocenters. The van der Waals surface area contributed by atoms with Gasteiger partial charge in [0.2, 0.25) is 5.91 Å². The molecule has 0 fully saturated rings. The number of aromatic nitrogens is 2. The number of hydrogen-bond acceptors (Lipinski definition) is 4. The van der Waals surface area contributed by atoms with Crippen molar-refractivity contribution in [2.45, 2.75) is 24.4 Å². The van der Waals surface area contributed by atoms with Gasteiger partial charge in [-0.2, -0.15) is 0 Å². The number of amides is 2. The molecule has 0 radical (unpaired) electrons. The van der Waals surface area contributed by atoms with E-state index < -0.39 is 6.04 Å². The van der Waals surface area contributed by atoms with Crippen molar-refractivity contribution < 1.29 is 9.59 Å². The number of nitrogens with one attached hydrogen (secondary N) is 2. The Kier molecular flexibility index (Phi) is 7.01. The quantitative estimate of drug-likeness (QED) is 0.342. The molecular weight excluding hydrogens is 456 g/mol. The fourth-order valence-electron chi connectivity index (χ4n) is 3.58. The summed E-state index contributed by atoms with van der Waals surface area (Å²) in [5.74, 6) is 0.191. The van der Waals surface area contributed by atoms with Crippen molar-refractivity contribution in [3.05, 3.63) is 89.2 Å². The number of nitrogens with zero attached hydrogens (tertiary/aromatic N) is 2. The Hall–Kier alpha value is -3.29. The summed E-state index contributed by atoms with van der Waals surface area (Å²) in [6.45, 7) is 1.92. The predicted molar refractivity (Wildman–Crippen MR) is 134 cm³/mol. The maximum Gasteiger partial charge on any atom is 0.251 e. The highest BCUT2D eigenvalue weighted by Crippen LogP contribution is 2.23. The number of fused-ring (bicyclic) bond motifs is 1. The molecule has 2 amide bonds. The lowest BCUT2D eigenvalue weighted by molar-refractivity contribution is -0.116. The molecule has 0 aliphatic carbocycles. The third-order valence-electron chi connectivity index (χ3n) is 5.18. The second kappa shape index (κ2) is 10.1. The number of halogens is 1. The van der Waals surface area contributed by atoms with E-state index >= 15 is 0 Å². The number of benzene rings is 3. The summed E-state index contributed by atoms with van der Waals surface area (Å²) in [6.07, 6.45) is 1.99. The third kappa shape index (κ3) is 5.38. The molecular formula is C25H23ClN4O2S. The van der Waals surface area contributed by atoms with Gasteiger partial charge < -0.3 is 15.2 Å². The van der Waals surface area contributed by atoms with Crippen molar-refractivity contribution in [3.8, 4) is 0 Å². The fourth-order valence-corrected chi connectivity index (χ4v) is 4.17. The highest BCUT2D eigenvalue weighted by atomic mass is 35.5. The molecule has 1 heterocycles. The number of thioether (sulfide) groups is 1. The number of hydrogen-bond donors (Lipinski definition) is 2. The van der Waals surface area contributed by atoms with Crippen LogP contribution in [0.25, 0.3) is 11.0 Å². The van der Waals surface area contributed by atoms with E-state index in [1.54, 1.807) is 36.0 Å². The van der Waals surface area contributed by atoms with Gasteiger partial charge in [-0.15, -0.1) is 11.8 Å². The van der Waals surface area contributed by atoms with E-state index in [9.17, 15) is 9.59 Å². The number of carbonyl (C=O) groups is 2. The van der Waals surface area contributed by atoms with E-state index in [2.05, 4.69) is 10.6 Å². The van der Waals surface area contributed by atoms with Crippen molar-refractivity contribution in [1.82, 2.24) is 14.9 Å². The summed E-state index contributed by atoms with van der Waals surface area (Å²) in [6, 6.07) is 21.6. The van der Waals surface area contributed by atoms with Crippen molar-refractivity contribution >= 4 is 51.9 Å². The van der Waals surface area contributed by atoms with Gasteiger partial charge in [0.15, 0.2) is 0 Å². The Morgan fingerprint density at radius 3 is 2.58 bits per heavy atom. The largest absolute Gasteiger partial charge is 0.342 e. The van der Waals surface area contributed by atoms with Gasteiger partial charge >= 0.3 is 0 Å². The standard InChI is InChI=1S/C25H23ClN4O2S/c1-16(27-25(32)17-10-12-18(26)13-11-17)24-29-21-8-3-4-9-22(21)30(24)15-23(31)28-19-6-5-7-20(14-19)33-2/h3-14,16H,15H2,1-2H3,(H,27,32)(H,28,31). The second-order valence-electron chi connectivity index (χ2n) is 7.53. The van der Waals surface area contributed by atoms with Crippen LogP contribution in [0.5, 0.6) is 0 Å².